The van der Waals surface area contributed by atoms with Gasteiger partial charge in [0.2, 0.25) is 0 Å². The Labute approximate surface area is 103 Å². The van der Waals surface area contributed by atoms with E-state index >= 15 is 0 Å². The molecule has 0 saturated heterocycles. The van der Waals surface area contributed by atoms with Gasteiger partial charge in [0, 0.05) is 0 Å². The van der Waals surface area contributed by atoms with E-state index in [1.54, 1.807) is 6.92 Å². The number of carbonyl (C=O) groups excluding carboxylic acids is 1. The molecule has 1 aromatic rings. The van der Waals surface area contributed by atoms with Gasteiger partial charge in [0.25, 0.3) is 0 Å². The average Bonchev–Trinajstić information content (AvgIpc) is 2.27. The van der Waals surface area contributed by atoms with Gasteiger partial charge in [-0.05, 0) is 62.4 Å². The quantitative estimate of drug-likeness (QED) is 0.819. The number of ether oxygens (including phenoxy) is 1. The second-order valence-corrected chi connectivity index (χ2v) is 4.40. The molecule has 3 nitrogen and oxygen atoms in total. The molecule has 0 amide bonds. The van der Waals surface area contributed by atoms with E-state index in [9.17, 15) is 4.79 Å². The van der Waals surface area contributed by atoms with E-state index in [1.807, 2.05) is 27.7 Å². The molecule has 1 atom stereocenters. The number of carbonyl (C=O) groups is 1. The van der Waals surface area contributed by atoms with Crippen LogP contribution in [0.3, 0.4) is 0 Å². The fourth-order valence-corrected chi connectivity index (χ4v) is 2.06. The van der Waals surface area contributed by atoms with E-state index in [2.05, 4.69) is 6.07 Å². The summed E-state index contributed by atoms with van der Waals surface area (Å²) in [5.41, 5.74) is 11.4. The van der Waals surface area contributed by atoms with Crippen LogP contribution < -0.4 is 5.73 Å². The average molecular weight is 235 g/mol. The molecule has 0 aliphatic heterocycles. The van der Waals surface area contributed by atoms with Crippen molar-refractivity contribution in [3.63, 3.8) is 0 Å². The number of rotatable bonds is 3. The molecule has 2 N–H and O–H groups in total. The van der Waals surface area contributed by atoms with Gasteiger partial charge in [-0.2, -0.15) is 0 Å². The van der Waals surface area contributed by atoms with Gasteiger partial charge in [-0.15, -0.1) is 0 Å². The summed E-state index contributed by atoms with van der Waals surface area (Å²) in [6.45, 7) is 10.2. The first-order chi connectivity index (χ1) is 7.90. The highest BCUT2D eigenvalue weighted by atomic mass is 16.5. The van der Waals surface area contributed by atoms with Crippen molar-refractivity contribution in [3.8, 4) is 0 Å². The molecule has 0 aromatic heterocycles. The maximum atomic E-state index is 11.7. The van der Waals surface area contributed by atoms with Gasteiger partial charge in [-0.25, -0.2) is 4.79 Å². The van der Waals surface area contributed by atoms with Gasteiger partial charge in [-0.1, -0.05) is 6.07 Å². The zero-order valence-electron chi connectivity index (χ0n) is 11.3. The molecule has 0 saturated carbocycles. The molecule has 0 bridgehead atoms. The minimum absolute atomic E-state index is 0.357. The second-order valence-electron chi connectivity index (χ2n) is 4.40. The Morgan fingerprint density at radius 3 is 2.12 bits per heavy atom. The van der Waals surface area contributed by atoms with E-state index in [0.29, 0.717) is 6.61 Å². The molecule has 3 heteroatoms. The molecule has 0 fully saturated rings. The van der Waals surface area contributed by atoms with Crippen LogP contribution in [0.2, 0.25) is 0 Å². The van der Waals surface area contributed by atoms with Gasteiger partial charge in [-0.3, -0.25) is 0 Å². The summed E-state index contributed by atoms with van der Waals surface area (Å²) in [7, 11) is 0. The zero-order chi connectivity index (χ0) is 13.2. The summed E-state index contributed by atoms with van der Waals surface area (Å²) >= 11 is 0. The SMILES string of the molecule is CCOC(=O)C(N)c1c(C)c(C)cc(C)c1C. The Kier molecular flexibility index (Phi) is 4.29. The lowest BCUT2D eigenvalue weighted by atomic mass is 9.90. The molecule has 17 heavy (non-hydrogen) atoms. The van der Waals surface area contributed by atoms with Gasteiger partial charge < -0.3 is 10.5 Å². The maximum Gasteiger partial charge on any atom is 0.327 e. The number of nitrogens with two attached hydrogens (primary N) is 1. The minimum Gasteiger partial charge on any atom is -0.465 e. The Bertz CT molecular complexity index is 412. The first-order valence-electron chi connectivity index (χ1n) is 5.89. The number of benzene rings is 1. The third kappa shape index (κ3) is 2.67. The highest BCUT2D eigenvalue weighted by Crippen LogP contribution is 2.26. The van der Waals surface area contributed by atoms with Crippen LogP contribution in [0.15, 0.2) is 6.07 Å². The summed E-state index contributed by atoms with van der Waals surface area (Å²) in [4.78, 5) is 11.7. The predicted octanol–water partition coefficient (Wildman–Crippen LogP) is 2.48. The highest BCUT2D eigenvalue weighted by molar-refractivity contribution is 5.78. The third-order valence-corrected chi connectivity index (χ3v) is 3.28. The van der Waals surface area contributed by atoms with Crippen LogP contribution in [0, 0.1) is 27.7 Å². The van der Waals surface area contributed by atoms with E-state index in [-0.39, 0.29) is 5.97 Å². The largest absolute Gasteiger partial charge is 0.465 e. The first kappa shape index (κ1) is 13.7. The van der Waals surface area contributed by atoms with Crippen molar-refractivity contribution in [1.82, 2.24) is 0 Å². The van der Waals surface area contributed by atoms with Crippen LogP contribution in [-0.4, -0.2) is 12.6 Å². The molecule has 0 aliphatic carbocycles. The lowest BCUT2D eigenvalue weighted by Gasteiger charge is -2.19. The van der Waals surface area contributed by atoms with Gasteiger partial charge in [0.15, 0.2) is 0 Å². The van der Waals surface area contributed by atoms with Crippen molar-refractivity contribution < 1.29 is 9.53 Å². The van der Waals surface area contributed by atoms with Crippen molar-refractivity contribution in [3.05, 3.63) is 33.9 Å². The number of hydrogen-bond donors (Lipinski definition) is 1. The standard InChI is InChI=1S/C14H21NO2/c1-6-17-14(16)13(15)12-10(4)8(2)7-9(3)11(12)5/h7,13H,6,15H2,1-5H3. The van der Waals surface area contributed by atoms with Crippen LogP contribution in [0.4, 0.5) is 0 Å². The van der Waals surface area contributed by atoms with Crippen molar-refractivity contribution in [2.24, 2.45) is 5.73 Å². The molecule has 0 radical (unpaired) electrons. The summed E-state index contributed by atoms with van der Waals surface area (Å²) in [5, 5.41) is 0. The molecule has 94 valence electrons. The first-order valence-corrected chi connectivity index (χ1v) is 5.89. The van der Waals surface area contributed by atoms with Crippen LogP contribution in [0.5, 0.6) is 0 Å². The van der Waals surface area contributed by atoms with Gasteiger partial charge in [0.1, 0.15) is 6.04 Å². The van der Waals surface area contributed by atoms with Crippen molar-refractivity contribution in [2.45, 2.75) is 40.7 Å². The smallest absolute Gasteiger partial charge is 0.327 e. The Morgan fingerprint density at radius 1 is 1.24 bits per heavy atom. The monoisotopic (exact) mass is 235 g/mol. The van der Waals surface area contributed by atoms with Crippen LogP contribution >= 0.6 is 0 Å². The highest BCUT2D eigenvalue weighted by Gasteiger charge is 2.22. The summed E-state index contributed by atoms with van der Waals surface area (Å²) in [5.74, 6) is -0.358. The fraction of sp³-hybridized carbons (Fsp3) is 0.500. The Morgan fingerprint density at radius 2 is 1.71 bits per heavy atom. The maximum absolute atomic E-state index is 11.7. The van der Waals surface area contributed by atoms with Gasteiger partial charge >= 0.3 is 5.97 Å². The number of esters is 1. The summed E-state index contributed by atoms with van der Waals surface area (Å²) < 4.78 is 4.98. The molecule has 0 spiro atoms. The lowest BCUT2D eigenvalue weighted by Crippen LogP contribution is -2.26. The minimum atomic E-state index is -0.687. The van der Waals surface area contributed by atoms with Crippen molar-refractivity contribution >= 4 is 5.97 Å². The van der Waals surface area contributed by atoms with Gasteiger partial charge in [0.05, 0.1) is 6.61 Å². The summed E-state index contributed by atoms with van der Waals surface area (Å²) in [6, 6.07) is 1.43. The van der Waals surface area contributed by atoms with E-state index in [0.717, 1.165) is 27.8 Å². The molecule has 0 heterocycles. The second kappa shape index (κ2) is 5.32. The van der Waals surface area contributed by atoms with Crippen LogP contribution in [-0.2, 0) is 9.53 Å². The molecule has 1 unspecified atom stereocenters. The van der Waals surface area contributed by atoms with Crippen molar-refractivity contribution in [2.75, 3.05) is 6.61 Å². The predicted molar refractivity (Wildman–Crippen MR) is 69.0 cm³/mol. The Balaban J connectivity index is 3.25. The van der Waals surface area contributed by atoms with E-state index in [4.69, 9.17) is 10.5 Å². The molecular formula is C14H21NO2. The lowest BCUT2D eigenvalue weighted by molar-refractivity contribution is -0.144. The molecule has 1 rings (SSSR count). The topological polar surface area (TPSA) is 52.3 Å². The van der Waals surface area contributed by atoms with Crippen LogP contribution in [0.1, 0.15) is 40.8 Å². The zero-order valence-corrected chi connectivity index (χ0v) is 11.3. The normalized spacial score (nSPS) is 12.4. The fourth-order valence-electron chi connectivity index (χ4n) is 2.06. The third-order valence-electron chi connectivity index (χ3n) is 3.28. The molecular weight excluding hydrogens is 214 g/mol. The van der Waals surface area contributed by atoms with E-state index in [1.165, 1.54) is 0 Å². The molecule has 0 aliphatic rings. The molecule has 1 aromatic carbocycles. The van der Waals surface area contributed by atoms with Crippen LogP contribution in [0.25, 0.3) is 0 Å². The Hall–Kier alpha value is -1.35. The van der Waals surface area contributed by atoms with E-state index < -0.39 is 6.04 Å². The number of hydrogen-bond acceptors (Lipinski definition) is 3. The summed E-state index contributed by atoms with van der Waals surface area (Å²) in [6.07, 6.45) is 0. The number of aryl methyl sites for hydroxylation is 2. The van der Waals surface area contributed by atoms with Crippen molar-refractivity contribution in [1.29, 1.82) is 0 Å².